The Labute approximate surface area is 155 Å². The molecular weight excluding hydrogens is 355 g/mol. The molecule has 0 bridgehead atoms. The smallest absolute Gasteiger partial charge is 0.407 e. The Morgan fingerprint density at radius 1 is 1.27 bits per heavy atom. The predicted octanol–water partition coefficient (Wildman–Crippen LogP) is 4.74. The molecule has 1 atom stereocenters. The molecule has 4 nitrogen and oxygen atoms in total. The number of ether oxygens (including phenoxy) is 1. The molecular formula is C20H18ClFN2O2. The largest absolute Gasteiger partial charge is 0.445 e. The standard InChI is InChI=1S/C20H18ClFN2O2/c21-15-7-8-16(22)18-14-10-13(6-9-17(14)24-19(15)18)23-20(25)26-11-12-4-2-1-3-5-12/h1-5,7-8,13,24H,6,9-11H2,(H,23,25)/t13-/m1/s1. The van der Waals surface area contributed by atoms with Crippen molar-refractivity contribution in [2.45, 2.75) is 31.9 Å². The van der Waals surface area contributed by atoms with E-state index in [1.807, 2.05) is 30.3 Å². The molecule has 1 aliphatic carbocycles. The molecule has 1 aliphatic rings. The average molecular weight is 373 g/mol. The number of carbonyl (C=O) groups excluding carboxylic acids is 1. The number of aromatic nitrogens is 1. The number of alkyl carbamates (subject to hydrolysis) is 1. The van der Waals surface area contributed by atoms with Gasteiger partial charge in [-0.3, -0.25) is 0 Å². The monoisotopic (exact) mass is 372 g/mol. The molecule has 2 N–H and O–H groups in total. The molecule has 26 heavy (non-hydrogen) atoms. The van der Waals surface area contributed by atoms with E-state index in [0.717, 1.165) is 29.7 Å². The highest BCUT2D eigenvalue weighted by Crippen LogP contribution is 2.34. The number of halogens is 2. The van der Waals surface area contributed by atoms with Crippen molar-refractivity contribution in [1.82, 2.24) is 10.3 Å². The van der Waals surface area contributed by atoms with E-state index in [4.69, 9.17) is 16.3 Å². The Hall–Kier alpha value is -2.53. The van der Waals surface area contributed by atoms with Gasteiger partial charge in [-0.1, -0.05) is 41.9 Å². The zero-order valence-corrected chi connectivity index (χ0v) is 14.8. The number of amides is 1. The first-order valence-corrected chi connectivity index (χ1v) is 8.94. The van der Waals surface area contributed by atoms with Crippen LogP contribution in [0.4, 0.5) is 9.18 Å². The van der Waals surface area contributed by atoms with E-state index in [2.05, 4.69) is 10.3 Å². The Bertz CT molecular complexity index is 955. The lowest BCUT2D eigenvalue weighted by Crippen LogP contribution is -2.39. The Morgan fingerprint density at radius 3 is 2.88 bits per heavy atom. The van der Waals surface area contributed by atoms with Crippen LogP contribution in [-0.2, 0) is 24.2 Å². The van der Waals surface area contributed by atoms with Gasteiger partial charge in [0.2, 0.25) is 0 Å². The van der Waals surface area contributed by atoms with Gasteiger partial charge < -0.3 is 15.0 Å². The second kappa shape index (κ2) is 7.00. The van der Waals surface area contributed by atoms with Crippen LogP contribution in [0.1, 0.15) is 23.2 Å². The normalized spacial score (nSPS) is 16.3. The number of rotatable bonds is 3. The van der Waals surface area contributed by atoms with E-state index in [1.54, 1.807) is 6.07 Å². The predicted molar refractivity (Wildman–Crippen MR) is 98.8 cm³/mol. The summed E-state index contributed by atoms with van der Waals surface area (Å²) in [6.45, 7) is 0.224. The molecule has 6 heteroatoms. The molecule has 0 spiro atoms. The summed E-state index contributed by atoms with van der Waals surface area (Å²) < 4.78 is 19.6. The zero-order chi connectivity index (χ0) is 18.1. The number of hydrogen-bond donors (Lipinski definition) is 2. The molecule has 2 aromatic carbocycles. The molecule has 1 aromatic heterocycles. The fourth-order valence-electron chi connectivity index (χ4n) is 3.51. The third-order valence-corrected chi connectivity index (χ3v) is 5.09. The SMILES string of the molecule is O=C(N[C@@H]1CCc2[nH]c3c(Cl)ccc(F)c3c2C1)OCc1ccccc1. The summed E-state index contributed by atoms with van der Waals surface area (Å²) in [6.07, 6.45) is 1.58. The van der Waals surface area contributed by atoms with Crippen LogP contribution in [0.25, 0.3) is 10.9 Å². The van der Waals surface area contributed by atoms with Gasteiger partial charge in [0.25, 0.3) is 0 Å². The lowest BCUT2D eigenvalue weighted by atomic mass is 9.91. The molecule has 0 aliphatic heterocycles. The average Bonchev–Trinajstić information content (AvgIpc) is 3.04. The van der Waals surface area contributed by atoms with Crippen molar-refractivity contribution in [3.8, 4) is 0 Å². The fraction of sp³-hybridized carbons (Fsp3) is 0.250. The van der Waals surface area contributed by atoms with E-state index in [-0.39, 0.29) is 18.5 Å². The number of hydrogen-bond acceptors (Lipinski definition) is 2. The van der Waals surface area contributed by atoms with E-state index in [0.29, 0.717) is 22.3 Å². The number of fused-ring (bicyclic) bond motifs is 3. The minimum Gasteiger partial charge on any atom is -0.445 e. The van der Waals surface area contributed by atoms with Gasteiger partial charge in [0.05, 0.1) is 10.5 Å². The first-order chi connectivity index (χ1) is 12.6. The summed E-state index contributed by atoms with van der Waals surface area (Å²) in [7, 11) is 0. The van der Waals surface area contributed by atoms with Gasteiger partial charge in [-0.25, -0.2) is 9.18 Å². The maximum Gasteiger partial charge on any atom is 0.407 e. The number of H-pyrrole nitrogens is 1. The van der Waals surface area contributed by atoms with Gasteiger partial charge in [0, 0.05) is 17.1 Å². The van der Waals surface area contributed by atoms with Crippen molar-refractivity contribution in [3.05, 3.63) is 70.1 Å². The molecule has 0 saturated carbocycles. The van der Waals surface area contributed by atoms with Gasteiger partial charge in [-0.15, -0.1) is 0 Å². The highest BCUT2D eigenvalue weighted by Gasteiger charge is 2.26. The summed E-state index contributed by atoms with van der Waals surface area (Å²) in [5.41, 5.74) is 3.44. The molecule has 1 amide bonds. The number of aryl methyl sites for hydroxylation is 1. The Balaban J connectivity index is 1.45. The Morgan fingerprint density at radius 2 is 2.08 bits per heavy atom. The lowest BCUT2D eigenvalue weighted by Gasteiger charge is -2.23. The number of aromatic amines is 1. The number of nitrogens with one attached hydrogen (secondary N) is 2. The second-order valence-corrected chi connectivity index (χ2v) is 6.91. The van der Waals surface area contributed by atoms with Crippen LogP contribution in [0.15, 0.2) is 42.5 Å². The number of benzene rings is 2. The van der Waals surface area contributed by atoms with Gasteiger partial charge >= 0.3 is 6.09 Å². The maximum absolute atomic E-state index is 14.3. The topological polar surface area (TPSA) is 54.1 Å². The van der Waals surface area contributed by atoms with E-state index >= 15 is 0 Å². The first kappa shape index (κ1) is 16.9. The first-order valence-electron chi connectivity index (χ1n) is 8.56. The van der Waals surface area contributed by atoms with E-state index in [9.17, 15) is 9.18 Å². The molecule has 4 rings (SSSR count). The summed E-state index contributed by atoms with van der Waals surface area (Å²) in [5, 5.41) is 3.92. The van der Waals surface area contributed by atoms with Crippen LogP contribution >= 0.6 is 11.6 Å². The quantitative estimate of drug-likeness (QED) is 0.697. The van der Waals surface area contributed by atoms with Crippen molar-refractivity contribution in [2.75, 3.05) is 0 Å². The van der Waals surface area contributed by atoms with Crippen molar-refractivity contribution in [3.63, 3.8) is 0 Å². The van der Waals surface area contributed by atoms with Crippen LogP contribution < -0.4 is 5.32 Å². The van der Waals surface area contributed by atoms with Gasteiger partial charge in [-0.05, 0) is 42.5 Å². The minimum absolute atomic E-state index is 0.0943. The van der Waals surface area contributed by atoms with Crippen molar-refractivity contribution < 1.29 is 13.9 Å². The molecule has 3 aromatic rings. The molecule has 1 heterocycles. The van der Waals surface area contributed by atoms with Gasteiger partial charge in [0.15, 0.2) is 0 Å². The number of carbonyl (C=O) groups is 1. The second-order valence-electron chi connectivity index (χ2n) is 6.51. The molecule has 0 saturated heterocycles. The van der Waals surface area contributed by atoms with Crippen LogP contribution in [-0.4, -0.2) is 17.1 Å². The van der Waals surface area contributed by atoms with E-state index < -0.39 is 6.09 Å². The zero-order valence-electron chi connectivity index (χ0n) is 14.0. The third kappa shape index (κ3) is 3.27. The fourth-order valence-corrected chi connectivity index (χ4v) is 3.71. The van der Waals surface area contributed by atoms with Gasteiger partial charge in [0.1, 0.15) is 12.4 Å². The van der Waals surface area contributed by atoms with Gasteiger partial charge in [-0.2, -0.15) is 0 Å². The van der Waals surface area contributed by atoms with Crippen molar-refractivity contribution >= 4 is 28.6 Å². The lowest BCUT2D eigenvalue weighted by molar-refractivity contribution is 0.134. The van der Waals surface area contributed by atoms with Crippen LogP contribution in [0.3, 0.4) is 0 Å². The Kier molecular flexibility index (Phi) is 4.55. The molecule has 0 radical (unpaired) electrons. The van der Waals surface area contributed by atoms with Crippen LogP contribution in [0.5, 0.6) is 0 Å². The van der Waals surface area contributed by atoms with Crippen molar-refractivity contribution in [1.29, 1.82) is 0 Å². The molecule has 134 valence electrons. The molecule has 0 unspecified atom stereocenters. The maximum atomic E-state index is 14.3. The third-order valence-electron chi connectivity index (χ3n) is 4.77. The molecule has 0 fully saturated rings. The summed E-state index contributed by atoms with van der Waals surface area (Å²) in [4.78, 5) is 15.3. The van der Waals surface area contributed by atoms with E-state index in [1.165, 1.54) is 6.07 Å². The highest BCUT2D eigenvalue weighted by molar-refractivity contribution is 6.35. The van der Waals surface area contributed by atoms with Crippen LogP contribution in [0, 0.1) is 5.82 Å². The summed E-state index contributed by atoms with van der Waals surface area (Å²) in [6, 6.07) is 12.4. The van der Waals surface area contributed by atoms with Crippen LogP contribution in [0.2, 0.25) is 5.02 Å². The summed E-state index contributed by atoms with van der Waals surface area (Å²) in [5.74, 6) is -0.297. The summed E-state index contributed by atoms with van der Waals surface area (Å²) >= 11 is 6.18. The highest BCUT2D eigenvalue weighted by atomic mass is 35.5. The van der Waals surface area contributed by atoms with Crippen molar-refractivity contribution in [2.24, 2.45) is 0 Å². The minimum atomic E-state index is -0.458.